The third kappa shape index (κ3) is 5.38. The molecule has 134 valence electrons. The summed E-state index contributed by atoms with van der Waals surface area (Å²) in [5.41, 5.74) is 1.90. The third-order valence-corrected chi connectivity index (χ3v) is 5.21. The minimum Gasteiger partial charge on any atom is -0.497 e. The van der Waals surface area contributed by atoms with Gasteiger partial charge in [0.25, 0.3) is 0 Å². The quantitative estimate of drug-likeness (QED) is 0.333. The molecule has 4 nitrogen and oxygen atoms in total. The molecule has 0 radical (unpaired) electrons. The van der Waals surface area contributed by atoms with E-state index in [1.807, 2.05) is 19.9 Å². The first-order valence-electron chi connectivity index (χ1n) is 7.85. The molecule has 0 aliphatic rings. The standard InChI is InChI=1S/C19H20BrClO4/c1-12-11-16(18(20)13(2)19(12)21)24-10-4-5-17(22)25-15-8-6-14(23-3)7-9-15/h6-9,11H,4-5,10H2,1-3H3. The van der Waals surface area contributed by atoms with Gasteiger partial charge in [0.2, 0.25) is 0 Å². The Hall–Kier alpha value is -1.72. The van der Waals surface area contributed by atoms with E-state index in [9.17, 15) is 4.79 Å². The average molecular weight is 428 g/mol. The number of carbonyl (C=O) groups is 1. The maximum atomic E-state index is 11.9. The van der Waals surface area contributed by atoms with Gasteiger partial charge in [-0.25, -0.2) is 0 Å². The van der Waals surface area contributed by atoms with Crippen molar-refractivity contribution in [2.45, 2.75) is 26.7 Å². The minimum absolute atomic E-state index is 0.273. The summed E-state index contributed by atoms with van der Waals surface area (Å²) >= 11 is 9.69. The number of methoxy groups -OCH3 is 1. The summed E-state index contributed by atoms with van der Waals surface area (Å²) in [4.78, 5) is 11.9. The lowest BCUT2D eigenvalue weighted by Crippen LogP contribution is -2.10. The Kier molecular flexibility index (Phi) is 7.14. The summed E-state index contributed by atoms with van der Waals surface area (Å²) in [6.07, 6.45) is 0.831. The first-order valence-corrected chi connectivity index (χ1v) is 9.02. The van der Waals surface area contributed by atoms with Gasteiger partial charge < -0.3 is 14.2 Å². The predicted molar refractivity (Wildman–Crippen MR) is 102 cm³/mol. The summed E-state index contributed by atoms with van der Waals surface area (Å²) in [7, 11) is 1.59. The first kappa shape index (κ1) is 19.6. The van der Waals surface area contributed by atoms with Crippen molar-refractivity contribution in [3.63, 3.8) is 0 Å². The van der Waals surface area contributed by atoms with Crippen LogP contribution >= 0.6 is 27.5 Å². The van der Waals surface area contributed by atoms with Crippen LogP contribution in [0.1, 0.15) is 24.0 Å². The molecule has 2 rings (SSSR count). The largest absolute Gasteiger partial charge is 0.497 e. The molecule has 0 aliphatic carbocycles. The molecule has 25 heavy (non-hydrogen) atoms. The molecule has 0 heterocycles. The van der Waals surface area contributed by atoms with E-state index >= 15 is 0 Å². The number of ether oxygens (including phenoxy) is 3. The molecule has 0 fully saturated rings. The van der Waals surface area contributed by atoms with Crippen molar-refractivity contribution in [2.75, 3.05) is 13.7 Å². The Bertz CT molecular complexity index is 744. The van der Waals surface area contributed by atoms with E-state index in [-0.39, 0.29) is 12.4 Å². The number of hydrogen-bond donors (Lipinski definition) is 0. The van der Waals surface area contributed by atoms with E-state index in [2.05, 4.69) is 15.9 Å². The van der Waals surface area contributed by atoms with Crippen LogP contribution in [0.2, 0.25) is 5.02 Å². The normalized spacial score (nSPS) is 10.4. The zero-order chi connectivity index (χ0) is 18.4. The van der Waals surface area contributed by atoms with Crippen LogP contribution in [0.3, 0.4) is 0 Å². The Morgan fingerprint density at radius 3 is 2.44 bits per heavy atom. The van der Waals surface area contributed by atoms with Gasteiger partial charge in [-0.2, -0.15) is 0 Å². The second kappa shape index (κ2) is 9.11. The van der Waals surface area contributed by atoms with Crippen molar-refractivity contribution in [3.8, 4) is 17.2 Å². The molecule has 0 N–H and O–H groups in total. The summed E-state index contributed by atoms with van der Waals surface area (Å²) in [5, 5.41) is 0.724. The summed E-state index contributed by atoms with van der Waals surface area (Å²) < 4.78 is 16.9. The number of benzene rings is 2. The second-order valence-corrected chi connectivity index (χ2v) is 6.72. The van der Waals surface area contributed by atoms with Gasteiger partial charge in [-0.1, -0.05) is 11.6 Å². The number of halogens is 2. The second-order valence-electron chi connectivity index (χ2n) is 5.55. The predicted octanol–water partition coefficient (Wildman–Crippen LogP) is 5.49. The van der Waals surface area contributed by atoms with Crippen LogP contribution in [0, 0.1) is 13.8 Å². The van der Waals surface area contributed by atoms with Gasteiger partial charge in [-0.3, -0.25) is 4.79 Å². The average Bonchev–Trinajstić information content (AvgIpc) is 2.61. The molecule has 6 heteroatoms. The summed E-state index contributed by atoms with van der Waals surface area (Å²) in [5.74, 6) is 1.64. The minimum atomic E-state index is -0.295. The Labute approximate surface area is 161 Å². The maximum absolute atomic E-state index is 11.9. The molecule has 0 spiro atoms. The van der Waals surface area contributed by atoms with E-state index in [1.165, 1.54) is 0 Å². The van der Waals surface area contributed by atoms with Crippen LogP contribution in [0.25, 0.3) is 0 Å². The van der Waals surface area contributed by atoms with Gasteiger partial charge >= 0.3 is 5.97 Å². The van der Waals surface area contributed by atoms with Gasteiger partial charge in [0.05, 0.1) is 18.2 Å². The highest BCUT2D eigenvalue weighted by Crippen LogP contribution is 2.35. The van der Waals surface area contributed by atoms with Gasteiger partial charge in [-0.05, 0) is 77.7 Å². The van der Waals surface area contributed by atoms with Crippen LogP contribution in [-0.4, -0.2) is 19.7 Å². The molecule has 0 bridgehead atoms. The fraction of sp³-hybridized carbons (Fsp3) is 0.316. The fourth-order valence-electron chi connectivity index (χ4n) is 2.23. The molecular weight excluding hydrogens is 408 g/mol. The van der Waals surface area contributed by atoms with Crippen LogP contribution in [0.4, 0.5) is 0 Å². The number of rotatable bonds is 7. The number of aryl methyl sites for hydroxylation is 1. The highest BCUT2D eigenvalue weighted by Gasteiger charge is 2.11. The molecule has 2 aromatic carbocycles. The summed E-state index contributed by atoms with van der Waals surface area (Å²) in [6.45, 7) is 4.27. The van der Waals surface area contributed by atoms with Crippen molar-refractivity contribution in [2.24, 2.45) is 0 Å². The SMILES string of the molecule is COc1ccc(OC(=O)CCCOc2cc(C)c(Cl)c(C)c2Br)cc1. The lowest BCUT2D eigenvalue weighted by atomic mass is 10.1. The van der Waals surface area contributed by atoms with E-state index in [1.54, 1.807) is 31.4 Å². The van der Waals surface area contributed by atoms with Crippen LogP contribution in [-0.2, 0) is 4.79 Å². The lowest BCUT2D eigenvalue weighted by molar-refractivity contribution is -0.134. The fourth-order valence-corrected chi connectivity index (χ4v) is 2.92. The molecule has 0 atom stereocenters. The Balaban J connectivity index is 1.80. The molecule has 0 amide bonds. The van der Waals surface area contributed by atoms with E-state index in [0.717, 1.165) is 26.4 Å². The zero-order valence-corrected chi connectivity index (χ0v) is 16.7. The molecule has 0 unspecified atom stereocenters. The summed E-state index contributed by atoms with van der Waals surface area (Å²) in [6, 6.07) is 8.77. The van der Waals surface area contributed by atoms with E-state index in [4.69, 9.17) is 25.8 Å². The van der Waals surface area contributed by atoms with Gasteiger partial charge in [0, 0.05) is 11.4 Å². The Morgan fingerprint density at radius 2 is 1.80 bits per heavy atom. The Morgan fingerprint density at radius 1 is 1.16 bits per heavy atom. The van der Waals surface area contributed by atoms with Crippen molar-refractivity contribution in [1.82, 2.24) is 0 Å². The molecule has 0 saturated carbocycles. The van der Waals surface area contributed by atoms with E-state index in [0.29, 0.717) is 24.5 Å². The molecule has 0 aliphatic heterocycles. The molecular formula is C19H20BrClO4. The highest BCUT2D eigenvalue weighted by molar-refractivity contribution is 9.10. The van der Waals surface area contributed by atoms with Crippen molar-refractivity contribution in [1.29, 1.82) is 0 Å². The first-order chi connectivity index (χ1) is 11.9. The van der Waals surface area contributed by atoms with Crippen LogP contribution in [0.5, 0.6) is 17.2 Å². The number of esters is 1. The third-order valence-electron chi connectivity index (χ3n) is 3.64. The van der Waals surface area contributed by atoms with Crippen molar-refractivity contribution >= 4 is 33.5 Å². The maximum Gasteiger partial charge on any atom is 0.311 e. The highest BCUT2D eigenvalue weighted by atomic mass is 79.9. The van der Waals surface area contributed by atoms with E-state index < -0.39 is 0 Å². The monoisotopic (exact) mass is 426 g/mol. The molecule has 0 aromatic heterocycles. The van der Waals surface area contributed by atoms with Gasteiger partial charge in [-0.15, -0.1) is 0 Å². The van der Waals surface area contributed by atoms with Crippen LogP contribution < -0.4 is 14.2 Å². The van der Waals surface area contributed by atoms with Gasteiger partial charge in [0.15, 0.2) is 0 Å². The van der Waals surface area contributed by atoms with Crippen LogP contribution in [0.15, 0.2) is 34.8 Å². The smallest absolute Gasteiger partial charge is 0.311 e. The molecule has 2 aromatic rings. The van der Waals surface area contributed by atoms with Crippen molar-refractivity contribution < 1.29 is 19.0 Å². The number of hydrogen-bond acceptors (Lipinski definition) is 4. The lowest BCUT2D eigenvalue weighted by Gasteiger charge is -2.13. The molecule has 0 saturated heterocycles. The topological polar surface area (TPSA) is 44.8 Å². The van der Waals surface area contributed by atoms with Gasteiger partial charge in [0.1, 0.15) is 17.2 Å². The van der Waals surface area contributed by atoms with Crippen molar-refractivity contribution in [3.05, 3.63) is 51.0 Å². The number of carbonyl (C=O) groups excluding carboxylic acids is 1. The zero-order valence-electron chi connectivity index (χ0n) is 14.4.